The van der Waals surface area contributed by atoms with Gasteiger partial charge in [-0.05, 0) is 19.4 Å². The number of nitrogens with zero attached hydrogens (tertiary/aromatic N) is 2. The topological polar surface area (TPSA) is 70.7 Å². The highest BCUT2D eigenvalue weighted by Gasteiger charge is 2.19. The molecule has 0 bridgehead atoms. The second kappa shape index (κ2) is 7.26. The van der Waals surface area contributed by atoms with Gasteiger partial charge in [0.25, 0.3) is 0 Å². The molecule has 21 heavy (non-hydrogen) atoms. The van der Waals surface area contributed by atoms with Crippen LogP contribution in [-0.4, -0.2) is 26.3 Å². The second-order valence-corrected chi connectivity index (χ2v) is 6.13. The lowest BCUT2D eigenvalue weighted by molar-refractivity contribution is -0.120. The fourth-order valence-electron chi connectivity index (χ4n) is 1.86. The van der Waals surface area contributed by atoms with E-state index in [0.29, 0.717) is 5.16 Å². The summed E-state index contributed by atoms with van der Waals surface area (Å²) in [6.07, 6.45) is 0.805. The smallest absolute Gasteiger partial charge is 0.233 e. The average Bonchev–Trinajstić information content (AvgIpc) is 2.95. The maximum atomic E-state index is 12.2. The molecule has 0 radical (unpaired) electrons. The number of benzene rings is 1. The molecule has 0 fully saturated rings. The van der Waals surface area contributed by atoms with E-state index in [1.165, 1.54) is 11.8 Å². The molecule has 5 nitrogen and oxygen atoms in total. The molecule has 1 heterocycles. The van der Waals surface area contributed by atoms with Crippen LogP contribution in [0.3, 0.4) is 0 Å². The summed E-state index contributed by atoms with van der Waals surface area (Å²) >= 11 is 1.36. The number of carbonyl (C=O) groups is 1. The molecule has 0 aliphatic carbocycles. The molecule has 1 aromatic heterocycles. The molecule has 2 N–H and O–H groups in total. The molecule has 2 unspecified atom stereocenters. The van der Waals surface area contributed by atoms with E-state index in [-0.39, 0.29) is 17.2 Å². The zero-order valence-electron chi connectivity index (χ0n) is 12.5. The summed E-state index contributed by atoms with van der Waals surface area (Å²) in [5, 5.41) is 10.3. The van der Waals surface area contributed by atoms with E-state index in [1.807, 2.05) is 51.1 Å². The van der Waals surface area contributed by atoms with Gasteiger partial charge in [-0.1, -0.05) is 49.0 Å². The molecule has 112 valence electrons. The van der Waals surface area contributed by atoms with Crippen molar-refractivity contribution in [3.63, 3.8) is 0 Å². The predicted octanol–water partition coefficient (Wildman–Crippen LogP) is 2.73. The lowest BCUT2D eigenvalue weighted by Crippen LogP contribution is -2.33. The Bertz CT molecular complexity index is 584. The Kier molecular flexibility index (Phi) is 5.38. The Morgan fingerprint density at radius 1 is 1.33 bits per heavy atom. The minimum Gasteiger partial charge on any atom is -0.349 e. The third-order valence-electron chi connectivity index (χ3n) is 3.16. The maximum absolute atomic E-state index is 12.2. The van der Waals surface area contributed by atoms with Crippen molar-refractivity contribution in [2.24, 2.45) is 0 Å². The van der Waals surface area contributed by atoms with E-state index < -0.39 is 0 Å². The Morgan fingerprint density at radius 2 is 2.05 bits per heavy atom. The van der Waals surface area contributed by atoms with Crippen molar-refractivity contribution in [2.75, 3.05) is 0 Å². The van der Waals surface area contributed by atoms with E-state index in [1.54, 1.807) is 0 Å². The van der Waals surface area contributed by atoms with Crippen LogP contribution in [0, 0.1) is 0 Å². The molecule has 0 saturated heterocycles. The molecule has 0 aliphatic heterocycles. The molecule has 2 aromatic rings. The summed E-state index contributed by atoms with van der Waals surface area (Å²) in [5.41, 5.74) is 1.09. The number of aromatic amines is 1. The van der Waals surface area contributed by atoms with Crippen LogP contribution in [0.15, 0.2) is 35.5 Å². The zero-order chi connectivity index (χ0) is 15.2. The van der Waals surface area contributed by atoms with Crippen LogP contribution in [0.4, 0.5) is 0 Å². The normalized spacial score (nSPS) is 13.7. The van der Waals surface area contributed by atoms with Crippen molar-refractivity contribution in [2.45, 2.75) is 43.6 Å². The summed E-state index contributed by atoms with van der Waals surface area (Å²) in [6, 6.07) is 9.90. The minimum absolute atomic E-state index is 0.0138. The summed E-state index contributed by atoms with van der Waals surface area (Å²) in [6.45, 7) is 5.85. The Labute approximate surface area is 128 Å². The van der Waals surface area contributed by atoms with Crippen LogP contribution in [0.25, 0.3) is 0 Å². The van der Waals surface area contributed by atoms with E-state index in [9.17, 15) is 4.79 Å². The summed E-state index contributed by atoms with van der Waals surface area (Å²) in [5.74, 6) is 0.821. The number of thioether (sulfide) groups is 1. The van der Waals surface area contributed by atoms with E-state index >= 15 is 0 Å². The van der Waals surface area contributed by atoms with Crippen molar-refractivity contribution < 1.29 is 4.79 Å². The van der Waals surface area contributed by atoms with Crippen LogP contribution in [0.5, 0.6) is 0 Å². The van der Waals surface area contributed by atoms with Crippen molar-refractivity contribution in [1.29, 1.82) is 0 Å². The number of hydrogen-bond donors (Lipinski definition) is 2. The zero-order valence-corrected chi connectivity index (χ0v) is 13.3. The first-order valence-electron chi connectivity index (χ1n) is 7.03. The van der Waals surface area contributed by atoms with Crippen LogP contribution in [0.1, 0.15) is 38.2 Å². The average molecular weight is 304 g/mol. The molecular formula is C15H20N4OS. The van der Waals surface area contributed by atoms with Gasteiger partial charge in [0.2, 0.25) is 11.1 Å². The van der Waals surface area contributed by atoms with Gasteiger partial charge < -0.3 is 5.32 Å². The first-order valence-corrected chi connectivity index (χ1v) is 7.91. The second-order valence-electron chi connectivity index (χ2n) is 4.82. The highest BCUT2D eigenvalue weighted by Crippen LogP contribution is 2.20. The number of aryl methyl sites for hydroxylation is 1. The monoisotopic (exact) mass is 304 g/mol. The first kappa shape index (κ1) is 15.6. The number of nitrogens with one attached hydrogen (secondary N) is 2. The molecule has 0 spiro atoms. The Hall–Kier alpha value is -1.82. The summed E-state index contributed by atoms with van der Waals surface area (Å²) in [4.78, 5) is 16.5. The Balaban J connectivity index is 1.90. The number of carbonyl (C=O) groups excluding carboxylic acids is 1. The lowest BCUT2D eigenvalue weighted by atomic mass is 10.1. The van der Waals surface area contributed by atoms with E-state index in [4.69, 9.17) is 0 Å². The van der Waals surface area contributed by atoms with Crippen molar-refractivity contribution in [3.05, 3.63) is 41.7 Å². The van der Waals surface area contributed by atoms with Crippen LogP contribution in [0.2, 0.25) is 0 Å². The molecular weight excluding hydrogens is 284 g/mol. The lowest BCUT2D eigenvalue weighted by Gasteiger charge is -2.16. The molecule has 0 aliphatic rings. The van der Waals surface area contributed by atoms with E-state index in [0.717, 1.165) is 17.8 Å². The number of amides is 1. The third kappa shape index (κ3) is 4.32. The number of aromatic nitrogens is 3. The first-order chi connectivity index (χ1) is 10.1. The molecule has 2 atom stereocenters. The summed E-state index contributed by atoms with van der Waals surface area (Å²) < 4.78 is 0. The van der Waals surface area contributed by atoms with Gasteiger partial charge in [-0.3, -0.25) is 9.89 Å². The van der Waals surface area contributed by atoms with Gasteiger partial charge in [-0.2, -0.15) is 0 Å². The quantitative estimate of drug-likeness (QED) is 0.805. The van der Waals surface area contributed by atoms with Crippen molar-refractivity contribution >= 4 is 17.7 Å². The number of hydrogen-bond acceptors (Lipinski definition) is 4. The Morgan fingerprint density at radius 3 is 2.67 bits per heavy atom. The highest BCUT2D eigenvalue weighted by molar-refractivity contribution is 8.00. The van der Waals surface area contributed by atoms with Crippen molar-refractivity contribution in [3.8, 4) is 0 Å². The van der Waals surface area contributed by atoms with Gasteiger partial charge in [0, 0.05) is 6.42 Å². The van der Waals surface area contributed by atoms with Crippen LogP contribution < -0.4 is 5.32 Å². The predicted molar refractivity (Wildman–Crippen MR) is 84.1 cm³/mol. The van der Waals surface area contributed by atoms with Gasteiger partial charge in [0.05, 0.1) is 11.3 Å². The minimum atomic E-state index is -0.239. The van der Waals surface area contributed by atoms with Crippen molar-refractivity contribution in [1.82, 2.24) is 20.5 Å². The SMILES string of the molecule is CCc1nc(SC(C)C(=O)NC(C)c2ccccc2)n[nH]1. The van der Waals surface area contributed by atoms with Gasteiger partial charge in [-0.15, -0.1) is 5.10 Å². The highest BCUT2D eigenvalue weighted by atomic mass is 32.2. The van der Waals surface area contributed by atoms with Gasteiger partial charge in [0.1, 0.15) is 5.82 Å². The van der Waals surface area contributed by atoms with Gasteiger partial charge >= 0.3 is 0 Å². The molecule has 0 saturated carbocycles. The maximum Gasteiger partial charge on any atom is 0.233 e. The molecule has 1 amide bonds. The van der Waals surface area contributed by atoms with Crippen LogP contribution >= 0.6 is 11.8 Å². The number of rotatable bonds is 6. The van der Waals surface area contributed by atoms with Gasteiger partial charge in [-0.25, -0.2) is 4.98 Å². The molecule has 1 aromatic carbocycles. The standard InChI is InChI=1S/C15H20N4OS/c1-4-13-17-15(19-18-13)21-11(3)14(20)16-10(2)12-8-6-5-7-9-12/h5-11H,4H2,1-3H3,(H,16,20)(H,17,18,19). The molecule has 2 rings (SSSR count). The van der Waals surface area contributed by atoms with Gasteiger partial charge in [0.15, 0.2) is 0 Å². The molecule has 6 heteroatoms. The fraction of sp³-hybridized carbons (Fsp3) is 0.400. The third-order valence-corrected chi connectivity index (χ3v) is 4.12. The summed E-state index contributed by atoms with van der Waals surface area (Å²) in [7, 11) is 0. The number of H-pyrrole nitrogens is 1. The fourth-order valence-corrected chi connectivity index (χ4v) is 2.61. The largest absolute Gasteiger partial charge is 0.349 e. The van der Waals surface area contributed by atoms with Crippen LogP contribution in [-0.2, 0) is 11.2 Å². The van der Waals surface area contributed by atoms with E-state index in [2.05, 4.69) is 20.5 Å².